The Balaban J connectivity index is 1.34. The summed E-state index contributed by atoms with van der Waals surface area (Å²) >= 11 is 6.29. The lowest BCUT2D eigenvalue weighted by atomic mass is 9.76. The minimum atomic E-state index is 0.299. The zero-order valence-corrected chi connectivity index (χ0v) is 19.1. The van der Waals surface area contributed by atoms with Crippen molar-refractivity contribution in [1.82, 2.24) is 0 Å². The van der Waals surface area contributed by atoms with Crippen molar-refractivity contribution < 1.29 is 4.74 Å². The Bertz CT molecular complexity index is 1180. The van der Waals surface area contributed by atoms with Crippen molar-refractivity contribution in [2.24, 2.45) is 10.9 Å². The van der Waals surface area contributed by atoms with Crippen molar-refractivity contribution in [3.63, 3.8) is 0 Å². The second-order valence-electron chi connectivity index (χ2n) is 8.54. The minimum Gasteiger partial charge on any atom is -0.492 e. The lowest BCUT2D eigenvalue weighted by Crippen LogP contribution is -2.29. The Kier molecular flexibility index (Phi) is 5.75. The molecule has 3 aromatic rings. The van der Waals surface area contributed by atoms with Crippen LogP contribution in [-0.4, -0.2) is 12.8 Å². The monoisotopic (exact) mass is 442 g/mol. The average molecular weight is 443 g/mol. The lowest BCUT2D eigenvalue weighted by molar-refractivity contribution is 0.340. The van der Waals surface area contributed by atoms with E-state index in [1.54, 1.807) is 0 Å². The van der Waals surface area contributed by atoms with Gasteiger partial charge in [-0.05, 0) is 79.3 Å². The topological polar surface area (TPSA) is 33.6 Å². The first-order chi connectivity index (χ1) is 15.6. The molecule has 1 aliphatic carbocycles. The van der Waals surface area contributed by atoms with Crippen LogP contribution in [0.2, 0.25) is 5.02 Å². The molecule has 0 radical (unpaired) electrons. The molecule has 3 atom stereocenters. The highest BCUT2D eigenvalue weighted by Crippen LogP contribution is 2.50. The van der Waals surface area contributed by atoms with Gasteiger partial charge in [-0.2, -0.15) is 0 Å². The van der Waals surface area contributed by atoms with Crippen molar-refractivity contribution in [3.05, 3.63) is 100 Å². The standard InChI is InChI=1S/C28H27ClN2O/c1-3-32-27-14-8-19(16-25(27)29)17-30-21-11-9-20(10-12-21)28-23-6-4-5-22(23)24-15-18(2)7-13-26(24)31-28/h4-5,7-17,22-23,28,31H,3,6H2,1-2H3/t22-,23-,28+/m1/s1. The minimum absolute atomic E-state index is 0.299. The van der Waals surface area contributed by atoms with Crippen molar-refractivity contribution in [2.75, 3.05) is 11.9 Å². The van der Waals surface area contributed by atoms with Crippen molar-refractivity contribution in [3.8, 4) is 5.75 Å². The number of rotatable bonds is 5. The molecule has 1 heterocycles. The van der Waals surface area contributed by atoms with Gasteiger partial charge in [0.25, 0.3) is 0 Å². The van der Waals surface area contributed by atoms with Gasteiger partial charge in [0.2, 0.25) is 0 Å². The predicted octanol–water partition coefficient (Wildman–Crippen LogP) is 7.62. The van der Waals surface area contributed by atoms with Crippen molar-refractivity contribution in [1.29, 1.82) is 0 Å². The van der Waals surface area contributed by atoms with E-state index < -0.39 is 0 Å². The number of allylic oxidation sites excluding steroid dienone is 2. The molecule has 0 saturated heterocycles. The number of aliphatic imine (C=N–C) groups is 1. The molecule has 5 rings (SSSR count). The van der Waals surface area contributed by atoms with Crippen LogP contribution in [0.15, 0.2) is 77.8 Å². The number of nitrogens with one attached hydrogen (secondary N) is 1. The van der Waals surface area contributed by atoms with E-state index in [4.69, 9.17) is 16.3 Å². The summed E-state index contributed by atoms with van der Waals surface area (Å²) in [6, 6.07) is 21.3. The number of hydrogen-bond acceptors (Lipinski definition) is 3. The summed E-state index contributed by atoms with van der Waals surface area (Å²) in [4.78, 5) is 4.63. The molecule has 3 nitrogen and oxygen atoms in total. The summed E-state index contributed by atoms with van der Waals surface area (Å²) in [6.07, 6.45) is 7.67. The van der Waals surface area contributed by atoms with Gasteiger partial charge in [-0.3, -0.25) is 4.99 Å². The smallest absolute Gasteiger partial charge is 0.137 e. The zero-order valence-electron chi connectivity index (χ0n) is 18.4. The summed E-state index contributed by atoms with van der Waals surface area (Å²) in [5.74, 6) is 1.73. The van der Waals surface area contributed by atoms with E-state index in [1.807, 2.05) is 31.3 Å². The Morgan fingerprint density at radius 2 is 1.94 bits per heavy atom. The van der Waals surface area contributed by atoms with Gasteiger partial charge in [0.15, 0.2) is 0 Å². The summed E-state index contributed by atoms with van der Waals surface area (Å²) in [7, 11) is 0. The summed E-state index contributed by atoms with van der Waals surface area (Å²) in [5, 5.41) is 4.41. The number of anilines is 1. The van der Waals surface area contributed by atoms with Crippen LogP contribution in [0.4, 0.5) is 11.4 Å². The Labute approximate surface area is 194 Å². The fraction of sp³-hybridized carbons (Fsp3) is 0.250. The Morgan fingerprint density at radius 1 is 1.09 bits per heavy atom. The number of benzene rings is 3. The number of nitrogens with zero attached hydrogens (tertiary/aromatic N) is 1. The number of hydrogen-bond donors (Lipinski definition) is 1. The zero-order chi connectivity index (χ0) is 22.1. The lowest BCUT2D eigenvalue weighted by Gasteiger charge is -2.37. The fourth-order valence-electron chi connectivity index (χ4n) is 4.83. The molecular weight excluding hydrogens is 416 g/mol. The van der Waals surface area contributed by atoms with E-state index in [9.17, 15) is 0 Å². The van der Waals surface area contributed by atoms with Gasteiger partial charge in [0, 0.05) is 17.8 Å². The summed E-state index contributed by atoms with van der Waals surface area (Å²) in [5.41, 5.74) is 7.17. The third-order valence-electron chi connectivity index (χ3n) is 6.39. The molecule has 1 aliphatic heterocycles. The molecule has 3 aromatic carbocycles. The number of ether oxygens (including phenoxy) is 1. The molecule has 32 heavy (non-hydrogen) atoms. The Hall–Kier alpha value is -3.04. The van der Waals surface area contributed by atoms with Gasteiger partial charge in [-0.1, -0.05) is 53.6 Å². The molecule has 0 fully saturated rings. The van der Waals surface area contributed by atoms with E-state index in [0.29, 0.717) is 35.3 Å². The van der Waals surface area contributed by atoms with Crippen molar-refractivity contribution in [2.45, 2.75) is 32.2 Å². The molecule has 2 aliphatic rings. The molecule has 4 heteroatoms. The molecule has 0 bridgehead atoms. The van der Waals surface area contributed by atoms with Crippen molar-refractivity contribution >= 4 is 29.2 Å². The molecule has 162 valence electrons. The second kappa shape index (κ2) is 8.84. The highest BCUT2D eigenvalue weighted by molar-refractivity contribution is 6.32. The summed E-state index contributed by atoms with van der Waals surface area (Å²) < 4.78 is 5.50. The van der Waals surface area contributed by atoms with E-state index in [2.05, 4.69) is 71.8 Å². The van der Waals surface area contributed by atoms with Crippen LogP contribution in [0.1, 0.15) is 47.6 Å². The third kappa shape index (κ3) is 4.05. The first-order valence-electron chi connectivity index (χ1n) is 11.2. The van der Waals surface area contributed by atoms with Gasteiger partial charge >= 0.3 is 0 Å². The maximum Gasteiger partial charge on any atom is 0.137 e. The molecular formula is C28H27ClN2O. The first kappa shape index (κ1) is 20.8. The molecule has 0 spiro atoms. The number of halogens is 1. The van der Waals surface area contributed by atoms with Crippen LogP contribution in [-0.2, 0) is 0 Å². The maximum atomic E-state index is 6.29. The Morgan fingerprint density at radius 3 is 2.72 bits per heavy atom. The largest absolute Gasteiger partial charge is 0.492 e. The molecule has 1 N–H and O–H groups in total. The van der Waals surface area contributed by atoms with E-state index in [1.165, 1.54) is 22.4 Å². The second-order valence-corrected chi connectivity index (χ2v) is 8.95. The average Bonchev–Trinajstić information content (AvgIpc) is 3.30. The van der Waals surface area contributed by atoms with Gasteiger partial charge in [0.05, 0.1) is 23.4 Å². The highest BCUT2D eigenvalue weighted by Gasteiger charge is 2.37. The van der Waals surface area contributed by atoms with E-state index in [-0.39, 0.29) is 0 Å². The maximum absolute atomic E-state index is 6.29. The van der Waals surface area contributed by atoms with Crippen LogP contribution in [0.3, 0.4) is 0 Å². The molecule has 0 aromatic heterocycles. The normalized spacial score (nSPS) is 21.3. The van der Waals surface area contributed by atoms with Crippen LogP contribution in [0, 0.1) is 12.8 Å². The molecule has 0 unspecified atom stereocenters. The predicted molar refractivity (Wildman–Crippen MR) is 134 cm³/mol. The molecule has 0 amide bonds. The van der Waals surface area contributed by atoms with Crippen LogP contribution < -0.4 is 10.1 Å². The van der Waals surface area contributed by atoms with Gasteiger partial charge in [-0.25, -0.2) is 0 Å². The highest BCUT2D eigenvalue weighted by atomic mass is 35.5. The van der Waals surface area contributed by atoms with Gasteiger partial charge < -0.3 is 10.1 Å². The number of fused-ring (bicyclic) bond motifs is 3. The quantitative estimate of drug-likeness (QED) is 0.325. The van der Waals surface area contributed by atoms with Crippen LogP contribution in [0.5, 0.6) is 5.75 Å². The number of aryl methyl sites for hydroxylation is 1. The van der Waals surface area contributed by atoms with Gasteiger partial charge in [-0.15, -0.1) is 0 Å². The fourth-order valence-corrected chi connectivity index (χ4v) is 5.07. The first-order valence-corrected chi connectivity index (χ1v) is 11.6. The van der Waals surface area contributed by atoms with E-state index >= 15 is 0 Å². The van der Waals surface area contributed by atoms with Crippen LogP contribution >= 0.6 is 11.6 Å². The SMILES string of the molecule is CCOc1ccc(C=Nc2ccc([C@@H]3Nc4ccc(C)cc4[C@@H]4C=CC[C@H]43)cc2)cc1Cl. The summed E-state index contributed by atoms with van der Waals surface area (Å²) in [6.45, 7) is 4.71. The van der Waals surface area contributed by atoms with E-state index in [0.717, 1.165) is 17.7 Å². The molecule has 0 saturated carbocycles. The third-order valence-corrected chi connectivity index (χ3v) is 6.68. The van der Waals surface area contributed by atoms with Gasteiger partial charge in [0.1, 0.15) is 5.75 Å². The van der Waals surface area contributed by atoms with Crippen LogP contribution in [0.25, 0.3) is 0 Å².